The summed E-state index contributed by atoms with van der Waals surface area (Å²) in [4.78, 5) is 13.0. The summed E-state index contributed by atoms with van der Waals surface area (Å²) in [6.07, 6.45) is -0.109. The molecule has 16 heavy (non-hydrogen) atoms. The van der Waals surface area contributed by atoms with E-state index in [1.165, 1.54) is 0 Å². The number of carbonyl (C=O) groups excluding carboxylic acids is 1. The van der Waals surface area contributed by atoms with E-state index in [2.05, 4.69) is 10.6 Å². The van der Waals surface area contributed by atoms with E-state index in [1.54, 1.807) is 11.3 Å². The topological polar surface area (TPSA) is 41.1 Å². The minimum absolute atomic E-state index is 0.0206. The number of hydrogen-bond donors (Lipinski definition) is 2. The Morgan fingerprint density at radius 1 is 1.06 bits per heavy atom. The number of fused-ring (bicyclic) bond motifs is 1. The Morgan fingerprint density at radius 2 is 1.94 bits per heavy atom. The molecule has 0 spiro atoms. The number of rotatable bonds is 1. The highest BCUT2D eigenvalue weighted by atomic mass is 32.1. The second-order valence-electron chi connectivity index (χ2n) is 3.61. The average molecular weight is 230 g/mol. The summed E-state index contributed by atoms with van der Waals surface area (Å²) in [5, 5.41) is 8.25. The van der Waals surface area contributed by atoms with Crippen LogP contribution in [0, 0.1) is 0 Å². The zero-order chi connectivity index (χ0) is 11.0. The SMILES string of the molecule is O=C1N[C@H](c2cccs2)Nc2ccccc21. The van der Waals surface area contributed by atoms with Gasteiger partial charge in [-0.1, -0.05) is 18.2 Å². The fraction of sp³-hybridized carbons (Fsp3) is 0.0833. The van der Waals surface area contributed by atoms with Gasteiger partial charge in [0.25, 0.3) is 5.91 Å². The third kappa shape index (κ3) is 1.47. The van der Waals surface area contributed by atoms with Crippen LogP contribution in [0.3, 0.4) is 0 Å². The molecule has 4 heteroatoms. The number of nitrogens with one attached hydrogen (secondary N) is 2. The van der Waals surface area contributed by atoms with Crippen LogP contribution >= 0.6 is 11.3 Å². The first-order valence-corrected chi connectivity index (χ1v) is 5.92. The van der Waals surface area contributed by atoms with Gasteiger partial charge in [-0.2, -0.15) is 0 Å². The van der Waals surface area contributed by atoms with Crippen LogP contribution in [0.1, 0.15) is 21.4 Å². The van der Waals surface area contributed by atoms with Crippen molar-refractivity contribution in [1.82, 2.24) is 5.32 Å². The lowest BCUT2D eigenvalue weighted by Gasteiger charge is -2.26. The molecule has 0 saturated carbocycles. The highest BCUT2D eigenvalue weighted by Crippen LogP contribution is 2.28. The maximum atomic E-state index is 11.8. The molecule has 0 saturated heterocycles. The van der Waals surface area contributed by atoms with Gasteiger partial charge in [-0.15, -0.1) is 11.3 Å². The van der Waals surface area contributed by atoms with Crippen molar-refractivity contribution in [2.24, 2.45) is 0 Å². The highest BCUT2D eigenvalue weighted by molar-refractivity contribution is 7.10. The normalized spacial score (nSPS) is 18.5. The Hall–Kier alpha value is -1.81. The molecule has 1 aromatic carbocycles. The van der Waals surface area contributed by atoms with Crippen molar-refractivity contribution < 1.29 is 4.79 Å². The molecule has 2 aromatic rings. The minimum atomic E-state index is -0.109. The first-order valence-electron chi connectivity index (χ1n) is 5.04. The van der Waals surface area contributed by atoms with Crippen LogP contribution in [0.2, 0.25) is 0 Å². The monoisotopic (exact) mass is 230 g/mol. The molecule has 0 aliphatic carbocycles. The third-order valence-corrected chi connectivity index (χ3v) is 3.51. The summed E-state index contributed by atoms with van der Waals surface area (Å²) in [6.45, 7) is 0. The highest BCUT2D eigenvalue weighted by Gasteiger charge is 2.24. The molecule has 2 N–H and O–H groups in total. The van der Waals surface area contributed by atoms with Crippen molar-refractivity contribution in [2.75, 3.05) is 5.32 Å². The van der Waals surface area contributed by atoms with Crippen LogP contribution < -0.4 is 10.6 Å². The Morgan fingerprint density at radius 3 is 2.75 bits per heavy atom. The number of anilines is 1. The molecule has 0 radical (unpaired) electrons. The Balaban J connectivity index is 1.98. The van der Waals surface area contributed by atoms with Crippen molar-refractivity contribution >= 4 is 22.9 Å². The zero-order valence-electron chi connectivity index (χ0n) is 8.44. The van der Waals surface area contributed by atoms with Crippen molar-refractivity contribution in [2.45, 2.75) is 6.17 Å². The molecule has 3 nitrogen and oxygen atoms in total. The minimum Gasteiger partial charge on any atom is -0.360 e. The first kappa shape index (κ1) is 9.42. The van der Waals surface area contributed by atoms with Crippen molar-refractivity contribution in [3.05, 3.63) is 52.2 Å². The van der Waals surface area contributed by atoms with Gasteiger partial charge in [-0.05, 0) is 23.6 Å². The van der Waals surface area contributed by atoms with Crippen LogP contribution in [0.4, 0.5) is 5.69 Å². The van der Waals surface area contributed by atoms with Gasteiger partial charge in [0, 0.05) is 10.6 Å². The van der Waals surface area contributed by atoms with Crippen LogP contribution in [0.5, 0.6) is 0 Å². The maximum Gasteiger partial charge on any atom is 0.255 e. The lowest BCUT2D eigenvalue weighted by molar-refractivity contribution is 0.0936. The molecular formula is C12H10N2OS. The second kappa shape index (κ2) is 3.64. The van der Waals surface area contributed by atoms with Gasteiger partial charge in [0.15, 0.2) is 0 Å². The van der Waals surface area contributed by atoms with E-state index in [0.717, 1.165) is 10.6 Å². The molecular weight excluding hydrogens is 220 g/mol. The lowest BCUT2D eigenvalue weighted by Crippen LogP contribution is -2.37. The maximum absolute atomic E-state index is 11.8. The Labute approximate surface area is 97.1 Å². The van der Waals surface area contributed by atoms with E-state index in [-0.39, 0.29) is 12.1 Å². The average Bonchev–Trinajstić information content (AvgIpc) is 2.82. The standard InChI is InChI=1S/C12H10N2OS/c15-12-8-4-1-2-5-9(8)13-11(14-12)10-6-3-7-16-10/h1-7,11,13H,(H,14,15)/t11-/m1/s1. The quantitative estimate of drug-likeness (QED) is 0.790. The summed E-state index contributed by atoms with van der Waals surface area (Å²) in [5.41, 5.74) is 1.60. The fourth-order valence-electron chi connectivity index (χ4n) is 1.81. The number of amides is 1. The molecule has 1 aliphatic rings. The predicted molar refractivity (Wildman–Crippen MR) is 64.6 cm³/mol. The lowest BCUT2D eigenvalue weighted by atomic mass is 10.1. The van der Waals surface area contributed by atoms with Gasteiger partial charge in [0.2, 0.25) is 0 Å². The van der Waals surface area contributed by atoms with E-state index in [9.17, 15) is 4.79 Å². The van der Waals surface area contributed by atoms with Crippen LogP contribution in [-0.4, -0.2) is 5.91 Å². The third-order valence-electron chi connectivity index (χ3n) is 2.57. The van der Waals surface area contributed by atoms with Crippen LogP contribution in [0.15, 0.2) is 41.8 Å². The smallest absolute Gasteiger partial charge is 0.255 e. The summed E-state index contributed by atoms with van der Waals surface area (Å²) in [7, 11) is 0. The van der Waals surface area contributed by atoms with Crippen molar-refractivity contribution in [1.29, 1.82) is 0 Å². The number of thiophene rings is 1. The van der Waals surface area contributed by atoms with Crippen molar-refractivity contribution in [3.63, 3.8) is 0 Å². The van der Waals surface area contributed by atoms with Gasteiger partial charge in [0.05, 0.1) is 5.56 Å². The molecule has 80 valence electrons. The van der Waals surface area contributed by atoms with Crippen molar-refractivity contribution in [3.8, 4) is 0 Å². The molecule has 0 fully saturated rings. The zero-order valence-corrected chi connectivity index (χ0v) is 9.25. The largest absolute Gasteiger partial charge is 0.360 e. The van der Waals surface area contributed by atoms with E-state index >= 15 is 0 Å². The summed E-state index contributed by atoms with van der Waals surface area (Å²) in [6, 6.07) is 11.5. The molecule has 2 heterocycles. The molecule has 0 bridgehead atoms. The first-order chi connectivity index (χ1) is 7.84. The van der Waals surface area contributed by atoms with Gasteiger partial charge in [-0.3, -0.25) is 4.79 Å². The predicted octanol–water partition coefficient (Wildman–Crippen LogP) is 2.60. The summed E-state index contributed by atoms with van der Waals surface area (Å²) < 4.78 is 0. The molecule has 3 rings (SSSR count). The van der Waals surface area contributed by atoms with Gasteiger partial charge in [0.1, 0.15) is 6.17 Å². The van der Waals surface area contributed by atoms with E-state index < -0.39 is 0 Å². The molecule has 0 unspecified atom stereocenters. The van der Waals surface area contributed by atoms with E-state index in [0.29, 0.717) is 5.56 Å². The molecule has 1 aromatic heterocycles. The van der Waals surface area contributed by atoms with Gasteiger partial charge in [-0.25, -0.2) is 0 Å². The van der Waals surface area contributed by atoms with E-state index in [4.69, 9.17) is 0 Å². The summed E-state index contributed by atoms with van der Waals surface area (Å²) >= 11 is 1.63. The van der Waals surface area contributed by atoms with Gasteiger partial charge >= 0.3 is 0 Å². The van der Waals surface area contributed by atoms with E-state index in [1.807, 2.05) is 41.8 Å². The Bertz CT molecular complexity index is 522. The van der Waals surface area contributed by atoms with Gasteiger partial charge < -0.3 is 10.6 Å². The van der Waals surface area contributed by atoms with Crippen LogP contribution in [-0.2, 0) is 0 Å². The second-order valence-corrected chi connectivity index (χ2v) is 4.59. The number of hydrogen-bond acceptors (Lipinski definition) is 3. The summed E-state index contributed by atoms with van der Waals surface area (Å²) in [5.74, 6) is -0.0206. The fourth-order valence-corrected chi connectivity index (χ4v) is 2.53. The molecule has 1 atom stereocenters. The van der Waals surface area contributed by atoms with Crippen LogP contribution in [0.25, 0.3) is 0 Å². The molecule has 1 amide bonds. The number of carbonyl (C=O) groups is 1. The Kier molecular flexibility index (Phi) is 2.15. The number of para-hydroxylation sites is 1. The molecule has 1 aliphatic heterocycles. The number of benzene rings is 1.